The molecule has 0 aliphatic rings. The third kappa shape index (κ3) is 2.31. The van der Waals surface area contributed by atoms with Crippen LogP contribution in [0.25, 0.3) is 11.0 Å². The van der Waals surface area contributed by atoms with Crippen LogP contribution in [0.15, 0.2) is 28.7 Å². The molecule has 4 heteroatoms. The summed E-state index contributed by atoms with van der Waals surface area (Å²) < 4.78 is 5.71. The van der Waals surface area contributed by atoms with Crippen LogP contribution in [0.5, 0.6) is 0 Å². The molecular weight excluding hydrogens is 218 g/mol. The fourth-order valence-electron chi connectivity index (χ4n) is 1.94. The number of aliphatic carboxylic acids is 1. The number of aryl methyl sites for hydroxylation is 1. The Hall–Kier alpha value is -1.81. The Labute approximate surface area is 99.0 Å². The van der Waals surface area contributed by atoms with Gasteiger partial charge in [0.15, 0.2) is 0 Å². The minimum absolute atomic E-state index is 0.00459. The lowest BCUT2D eigenvalue weighted by Crippen LogP contribution is -2.15. The van der Waals surface area contributed by atoms with E-state index >= 15 is 0 Å². The minimum atomic E-state index is -0.863. The zero-order chi connectivity index (χ0) is 12.4. The molecule has 4 nitrogen and oxygen atoms in total. The van der Waals surface area contributed by atoms with Crippen molar-refractivity contribution in [3.05, 3.63) is 35.6 Å². The Bertz CT molecular complexity index is 545. The molecular formula is C13H15NO3. The molecule has 2 aromatic rings. The molecule has 0 spiro atoms. The van der Waals surface area contributed by atoms with Crippen molar-refractivity contribution < 1.29 is 14.3 Å². The number of carbonyl (C=O) groups is 1. The second-order valence-electron chi connectivity index (χ2n) is 4.17. The van der Waals surface area contributed by atoms with Gasteiger partial charge in [-0.25, -0.2) is 0 Å². The Kier molecular flexibility index (Phi) is 3.15. The lowest BCUT2D eigenvalue weighted by atomic mass is 10.0. The first kappa shape index (κ1) is 11.7. The molecule has 0 bridgehead atoms. The van der Waals surface area contributed by atoms with Crippen LogP contribution >= 0.6 is 0 Å². The van der Waals surface area contributed by atoms with Crippen LogP contribution in [0.2, 0.25) is 0 Å². The van der Waals surface area contributed by atoms with E-state index in [9.17, 15) is 4.79 Å². The summed E-state index contributed by atoms with van der Waals surface area (Å²) in [5.41, 5.74) is 7.44. The number of carboxylic acid groups (broad SMARTS) is 1. The monoisotopic (exact) mass is 233 g/mol. The highest BCUT2D eigenvalue weighted by Gasteiger charge is 2.18. The van der Waals surface area contributed by atoms with E-state index < -0.39 is 5.97 Å². The van der Waals surface area contributed by atoms with Gasteiger partial charge in [-0.1, -0.05) is 18.2 Å². The molecule has 17 heavy (non-hydrogen) atoms. The molecule has 2 rings (SSSR count). The Balaban J connectivity index is 2.41. The van der Waals surface area contributed by atoms with Gasteiger partial charge in [-0.15, -0.1) is 0 Å². The molecule has 1 aromatic carbocycles. The molecule has 0 saturated carbocycles. The maximum atomic E-state index is 10.7. The zero-order valence-electron chi connectivity index (χ0n) is 9.64. The number of nitrogens with two attached hydrogens (primary N) is 1. The molecule has 0 unspecified atom stereocenters. The topological polar surface area (TPSA) is 76.5 Å². The lowest BCUT2D eigenvalue weighted by molar-refractivity contribution is -0.137. The number of hydrogen-bond donors (Lipinski definition) is 2. The standard InChI is InChI=1S/C13H15NO3/c1-8-3-2-4-9-5-11(17-13(8)9)10(7-14)6-12(15)16/h2-5,10H,6-7,14H2,1H3,(H,15,16)/t10-/m0/s1. The first-order chi connectivity index (χ1) is 8.11. The Morgan fingerprint density at radius 1 is 1.53 bits per heavy atom. The van der Waals surface area contributed by atoms with Crippen molar-refractivity contribution in [1.29, 1.82) is 0 Å². The van der Waals surface area contributed by atoms with Crippen molar-refractivity contribution in [2.24, 2.45) is 5.73 Å². The molecule has 0 saturated heterocycles. The number of benzene rings is 1. The van der Waals surface area contributed by atoms with Gasteiger partial charge >= 0.3 is 5.97 Å². The van der Waals surface area contributed by atoms with Gasteiger partial charge < -0.3 is 15.3 Å². The summed E-state index contributed by atoms with van der Waals surface area (Å²) in [5, 5.41) is 9.80. The second kappa shape index (κ2) is 4.59. The van der Waals surface area contributed by atoms with Crippen LogP contribution in [0, 0.1) is 6.92 Å². The van der Waals surface area contributed by atoms with Gasteiger partial charge in [0.05, 0.1) is 6.42 Å². The summed E-state index contributed by atoms with van der Waals surface area (Å²) >= 11 is 0. The molecule has 0 aliphatic heterocycles. The smallest absolute Gasteiger partial charge is 0.304 e. The molecule has 0 fully saturated rings. The van der Waals surface area contributed by atoms with Crippen molar-refractivity contribution >= 4 is 16.9 Å². The van der Waals surface area contributed by atoms with E-state index in [1.807, 2.05) is 31.2 Å². The average molecular weight is 233 g/mol. The van der Waals surface area contributed by atoms with Crippen molar-refractivity contribution in [3.63, 3.8) is 0 Å². The number of para-hydroxylation sites is 1. The van der Waals surface area contributed by atoms with Crippen molar-refractivity contribution in [3.8, 4) is 0 Å². The van der Waals surface area contributed by atoms with E-state index in [2.05, 4.69) is 0 Å². The fourth-order valence-corrected chi connectivity index (χ4v) is 1.94. The lowest BCUT2D eigenvalue weighted by Gasteiger charge is -2.07. The molecule has 1 atom stereocenters. The first-order valence-electron chi connectivity index (χ1n) is 5.52. The van der Waals surface area contributed by atoms with Crippen LogP contribution < -0.4 is 5.73 Å². The molecule has 1 heterocycles. The van der Waals surface area contributed by atoms with Gasteiger partial charge in [0.2, 0.25) is 0 Å². The average Bonchev–Trinajstić information content (AvgIpc) is 2.70. The fraction of sp³-hybridized carbons (Fsp3) is 0.308. The van der Waals surface area contributed by atoms with Crippen LogP contribution in [0.3, 0.4) is 0 Å². The van der Waals surface area contributed by atoms with Crippen LogP contribution in [0.4, 0.5) is 0 Å². The molecule has 3 N–H and O–H groups in total. The minimum Gasteiger partial charge on any atom is -0.481 e. The maximum Gasteiger partial charge on any atom is 0.304 e. The molecule has 1 aromatic heterocycles. The molecule has 90 valence electrons. The predicted molar refractivity (Wildman–Crippen MR) is 65.0 cm³/mol. The third-order valence-corrected chi connectivity index (χ3v) is 2.87. The maximum absolute atomic E-state index is 10.7. The van der Waals surface area contributed by atoms with E-state index in [0.29, 0.717) is 5.76 Å². The summed E-state index contributed by atoms with van der Waals surface area (Å²) in [7, 11) is 0. The predicted octanol–water partition coefficient (Wildman–Crippen LogP) is 2.26. The number of fused-ring (bicyclic) bond motifs is 1. The summed E-state index contributed by atoms with van der Waals surface area (Å²) in [6, 6.07) is 7.74. The normalized spacial score (nSPS) is 12.8. The summed E-state index contributed by atoms with van der Waals surface area (Å²) in [5.74, 6) is -0.476. The van der Waals surface area contributed by atoms with E-state index in [1.54, 1.807) is 0 Å². The number of carboxylic acids is 1. The zero-order valence-corrected chi connectivity index (χ0v) is 9.64. The van der Waals surface area contributed by atoms with E-state index in [4.69, 9.17) is 15.3 Å². The van der Waals surface area contributed by atoms with Crippen LogP contribution in [-0.4, -0.2) is 17.6 Å². The molecule has 0 radical (unpaired) electrons. The summed E-state index contributed by atoms with van der Waals surface area (Å²) in [4.78, 5) is 10.7. The number of rotatable bonds is 4. The van der Waals surface area contributed by atoms with Gasteiger partial charge in [0, 0.05) is 17.8 Å². The van der Waals surface area contributed by atoms with Gasteiger partial charge in [-0.05, 0) is 18.6 Å². The van der Waals surface area contributed by atoms with Crippen molar-refractivity contribution in [1.82, 2.24) is 0 Å². The quantitative estimate of drug-likeness (QED) is 0.849. The SMILES string of the molecule is Cc1cccc2cc([C@H](CN)CC(=O)O)oc12. The van der Waals surface area contributed by atoms with Crippen molar-refractivity contribution in [2.45, 2.75) is 19.3 Å². The highest BCUT2D eigenvalue weighted by Crippen LogP contribution is 2.28. The van der Waals surface area contributed by atoms with E-state index in [1.165, 1.54) is 0 Å². The second-order valence-corrected chi connectivity index (χ2v) is 4.17. The molecule has 0 aliphatic carbocycles. The van der Waals surface area contributed by atoms with Crippen LogP contribution in [-0.2, 0) is 4.79 Å². The van der Waals surface area contributed by atoms with Gasteiger partial charge in [-0.3, -0.25) is 4.79 Å². The number of hydrogen-bond acceptors (Lipinski definition) is 3. The highest BCUT2D eigenvalue weighted by atomic mass is 16.4. The molecule has 0 amide bonds. The number of furan rings is 1. The van der Waals surface area contributed by atoms with Crippen molar-refractivity contribution in [2.75, 3.05) is 6.54 Å². The van der Waals surface area contributed by atoms with E-state index in [0.717, 1.165) is 16.5 Å². The van der Waals surface area contributed by atoms with Gasteiger partial charge in [0.25, 0.3) is 0 Å². The largest absolute Gasteiger partial charge is 0.481 e. The third-order valence-electron chi connectivity index (χ3n) is 2.87. The Morgan fingerprint density at radius 2 is 2.29 bits per heavy atom. The van der Waals surface area contributed by atoms with Gasteiger partial charge in [-0.2, -0.15) is 0 Å². The van der Waals surface area contributed by atoms with Gasteiger partial charge in [0.1, 0.15) is 11.3 Å². The Morgan fingerprint density at radius 3 is 2.88 bits per heavy atom. The highest BCUT2D eigenvalue weighted by molar-refractivity contribution is 5.81. The van der Waals surface area contributed by atoms with E-state index in [-0.39, 0.29) is 18.9 Å². The summed E-state index contributed by atoms with van der Waals surface area (Å²) in [6.07, 6.45) is -0.00459. The summed E-state index contributed by atoms with van der Waals surface area (Å²) in [6.45, 7) is 2.23. The van der Waals surface area contributed by atoms with Crippen LogP contribution in [0.1, 0.15) is 23.7 Å². The first-order valence-corrected chi connectivity index (χ1v) is 5.52.